The van der Waals surface area contributed by atoms with Crippen molar-refractivity contribution in [3.8, 4) is 5.75 Å². The molecular weight excluding hydrogens is 200 g/mol. The SMILES string of the molecule is CCOc1ccc(NC(C)C(F)F)cc1. The zero-order chi connectivity index (χ0) is 11.3. The molecule has 0 aromatic heterocycles. The van der Waals surface area contributed by atoms with Gasteiger partial charge < -0.3 is 10.1 Å². The molecule has 1 aromatic rings. The molecule has 1 unspecified atom stereocenters. The van der Waals surface area contributed by atoms with Gasteiger partial charge in [0.1, 0.15) is 5.75 Å². The number of alkyl halides is 2. The molecular formula is C11H15F2NO. The number of halogens is 2. The highest BCUT2D eigenvalue weighted by Gasteiger charge is 2.13. The number of ether oxygens (including phenoxy) is 1. The van der Waals surface area contributed by atoms with E-state index in [1.54, 1.807) is 24.3 Å². The number of nitrogens with one attached hydrogen (secondary N) is 1. The Bertz CT molecular complexity index is 287. The Hall–Kier alpha value is -1.32. The predicted octanol–water partition coefficient (Wildman–Crippen LogP) is 3.15. The van der Waals surface area contributed by atoms with Crippen LogP contribution < -0.4 is 10.1 Å². The van der Waals surface area contributed by atoms with Gasteiger partial charge in [-0.3, -0.25) is 0 Å². The Morgan fingerprint density at radius 1 is 1.27 bits per heavy atom. The van der Waals surface area contributed by atoms with Gasteiger partial charge in [0.15, 0.2) is 0 Å². The summed E-state index contributed by atoms with van der Waals surface area (Å²) in [7, 11) is 0. The summed E-state index contributed by atoms with van der Waals surface area (Å²) in [5.74, 6) is 0.743. The minimum absolute atomic E-state index is 0.597. The molecule has 15 heavy (non-hydrogen) atoms. The van der Waals surface area contributed by atoms with Gasteiger partial charge in [-0.05, 0) is 38.1 Å². The molecule has 84 valence electrons. The number of anilines is 1. The number of hydrogen-bond acceptors (Lipinski definition) is 2. The normalized spacial score (nSPS) is 12.6. The van der Waals surface area contributed by atoms with Gasteiger partial charge in [0.25, 0.3) is 6.43 Å². The molecule has 0 fully saturated rings. The van der Waals surface area contributed by atoms with Crippen molar-refractivity contribution >= 4 is 5.69 Å². The third-order valence-electron chi connectivity index (χ3n) is 1.94. The summed E-state index contributed by atoms with van der Waals surface area (Å²) in [5.41, 5.74) is 0.672. The largest absolute Gasteiger partial charge is 0.494 e. The van der Waals surface area contributed by atoms with Crippen LogP contribution in [0.15, 0.2) is 24.3 Å². The van der Waals surface area contributed by atoms with Crippen LogP contribution in [0, 0.1) is 0 Å². The van der Waals surface area contributed by atoms with E-state index in [0.717, 1.165) is 5.75 Å². The van der Waals surface area contributed by atoms with Crippen molar-refractivity contribution in [1.29, 1.82) is 0 Å². The quantitative estimate of drug-likeness (QED) is 0.814. The molecule has 0 heterocycles. The second-order valence-corrected chi connectivity index (χ2v) is 3.22. The van der Waals surface area contributed by atoms with Crippen LogP contribution in [0.4, 0.5) is 14.5 Å². The highest BCUT2D eigenvalue weighted by Crippen LogP contribution is 2.17. The van der Waals surface area contributed by atoms with Crippen LogP contribution in [-0.4, -0.2) is 19.1 Å². The van der Waals surface area contributed by atoms with Gasteiger partial charge in [0.05, 0.1) is 12.6 Å². The van der Waals surface area contributed by atoms with E-state index < -0.39 is 12.5 Å². The minimum Gasteiger partial charge on any atom is -0.494 e. The monoisotopic (exact) mass is 215 g/mol. The summed E-state index contributed by atoms with van der Waals surface area (Å²) in [5, 5.41) is 2.71. The van der Waals surface area contributed by atoms with E-state index in [0.29, 0.717) is 12.3 Å². The van der Waals surface area contributed by atoms with E-state index in [2.05, 4.69) is 5.32 Å². The number of hydrogen-bond donors (Lipinski definition) is 1. The van der Waals surface area contributed by atoms with Crippen LogP contribution in [0.5, 0.6) is 5.75 Å². The molecule has 0 aliphatic heterocycles. The Balaban J connectivity index is 2.56. The lowest BCUT2D eigenvalue weighted by Crippen LogP contribution is -2.23. The Labute approximate surface area is 88.3 Å². The van der Waals surface area contributed by atoms with Crippen LogP contribution in [0.1, 0.15) is 13.8 Å². The molecule has 1 rings (SSSR count). The fourth-order valence-electron chi connectivity index (χ4n) is 1.14. The Kier molecular flexibility index (Phi) is 4.34. The molecule has 0 radical (unpaired) electrons. The average Bonchev–Trinajstić information content (AvgIpc) is 2.21. The highest BCUT2D eigenvalue weighted by atomic mass is 19.3. The van der Waals surface area contributed by atoms with Gasteiger partial charge in [-0.2, -0.15) is 0 Å². The van der Waals surface area contributed by atoms with E-state index in [4.69, 9.17) is 4.74 Å². The minimum atomic E-state index is -2.36. The maximum Gasteiger partial charge on any atom is 0.258 e. The molecule has 0 aliphatic carbocycles. The molecule has 2 nitrogen and oxygen atoms in total. The first-order valence-corrected chi connectivity index (χ1v) is 4.91. The van der Waals surface area contributed by atoms with Crippen molar-refractivity contribution in [3.63, 3.8) is 0 Å². The Morgan fingerprint density at radius 2 is 1.87 bits per heavy atom. The van der Waals surface area contributed by atoms with Gasteiger partial charge >= 0.3 is 0 Å². The third-order valence-corrected chi connectivity index (χ3v) is 1.94. The topological polar surface area (TPSA) is 21.3 Å². The van der Waals surface area contributed by atoms with Gasteiger partial charge in [-0.15, -0.1) is 0 Å². The number of benzene rings is 1. The van der Waals surface area contributed by atoms with Crippen molar-refractivity contribution in [2.75, 3.05) is 11.9 Å². The summed E-state index contributed by atoms with van der Waals surface area (Å²) in [6.07, 6.45) is -2.36. The molecule has 1 atom stereocenters. The van der Waals surface area contributed by atoms with E-state index in [1.807, 2.05) is 6.92 Å². The standard InChI is InChI=1S/C11H15F2NO/c1-3-15-10-6-4-9(5-7-10)14-8(2)11(12)13/h4-8,11,14H,3H2,1-2H3. The first-order valence-electron chi connectivity index (χ1n) is 4.91. The van der Waals surface area contributed by atoms with Crippen LogP contribution in [0.2, 0.25) is 0 Å². The van der Waals surface area contributed by atoms with Crippen molar-refractivity contribution < 1.29 is 13.5 Å². The molecule has 1 N–H and O–H groups in total. The van der Waals surface area contributed by atoms with E-state index >= 15 is 0 Å². The van der Waals surface area contributed by atoms with Crippen LogP contribution >= 0.6 is 0 Å². The molecule has 0 saturated heterocycles. The second-order valence-electron chi connectivity index (χ2n) is 3.22. The Morgan fingerprint density at radius 3 is 2.33 bits per heavy atom. The van der Waals surface area contributed by atoms with Gasteiger partial charge in [-0.25, -0.2) is 8.78 Å². The lowest BCUT2D eigenvalue weighted by Gasteiger charge is -2.14. The number of rotatable bonds is 5. The average molecular weight is 215 g/mol. The second kappa shape index (κ2) is 5.53. The van der Waals surface area contributed by atoms with Gasteiger partial charge in [-0.1, -0.05) is 0 Å². The lowest BCUT2D eigenvalue weighted by molar-refractivity contribution is 0.131. The van der Waals surface area contributed by atoms with Crippen LogP contribution in [-0.2, 0) is 0 Å². The fourth-order valence-corrected chi connectivity index (χ4v) is 1.14. The van der Waals surface area contributed by atoms with Crippen molar-refractivity contribution in [2.24, 2.45) is 0 Å². The van der Waals surface area contributed by atoms with E-state index in [-0.39, 0.29) is 0 Å². The highest BCUT2D eigenvalue weighted by molar-refractivity contribution is 5.47. The molecule has 0 saturated carbocycles. The van der Waals surface area contributed by atoms with Gasteiger partial charge in [0.2, 0.25) is 0 Å². The fraction of sp³-hybridized carbons (Fsp3) is 0.455. The summed E-state index contributed by atoms with van der Waals surface area (Å²) in [4.78, 5) is 0. The zero-order valence-corrected chi connectivity index (χ0v) is 8.84. The third kappa shape index (κ3) is 3.73. The molecule has 1 aromatic carbocycles. The van der Waals surface area contributed by atoms with Crippen molar-refractivity contribution in [2.45, 2.75) is 26.3 Å². The summed E-state index contributed by atoms with van der Waals surface area (Å²) >= 11 is 0. The summed E-state index contributed by atoms with van der Waals surface area (Å²) in [6.45, 7) is 3.94. The molecule has 4 heteroatoms. The van der Waals surface area contributed by atoms with Crippen LogP contribution in [0.25, 0.3) is 0 Å². The molecule has 0 spiro atoms. The van der Waals surface area contributed by atoms with Crippen molar-refractivity contribution in [3.05, 3.63) is 24.3 Å². The maximum absolute atomic E-state index is 12.2. The summed E-state index contributed by atoms with van der Waals surface area (Å²) < 4.78 is 29.7. The molecule has 0 amide bonds. The smallest absolute Gasteiger partial charge is 0.258 e. The van der Waals surface area contributed by atoms with E-state index in [9.17, 15) is 8.78 Å². The van der Waals surface area contributed by atoms with Crippen molar-refractivity contribution in [1.82, 2.24) is 0 Å². The lowest BCUT2D eigenvalue weighted by atomic mass is 10.2. The first kappa shape index (κ1) is 11.8. The van der Waals surface area contributed by atoms with Gasteiger partial charge in [0, 0.05) is 5.69 Å². The molecule has 0 aliphatic rings. The maximum atomic E-state index is 12.2. The zero-order valence-electron chi connectivity index (χ0n) is 8.84. The van der Waals surface area contributed by atoms with Crippen LogP contribution in [0.3, 0.4) is 0 Å². The van der Waals surface area contributed by atoms with E-state index in [1.165, 1.54) is 6.92 Å². The first-order chi connectivity index (χ1) is 7.13. The summed E-state index contributed by atoms with van der Waals surface area (Å²) in [6, 6.07) is 6.12. The molecule has 0 bridgehead atoms. The predicted molar refractivity (Wildman–Crippen MR) is 56.7 cm³/mol.